The second kappa shape index (κ2) is 12.7. The van der Waals surface area contributed by atoms with Gasteiger partial charge in [0.2, 0.25) is 11.8 Å². The van der Waals surface area contributed by atoms with Gasteiger partial charge >= 0.3 is 5.97 Å². The first-order valence-electron chi connectivity index (χ1n) is 13.6. The van der Waals surface area contributed by atoms with Crippen molar-refractivity contribution in [2.24, 2.45) is 11.7 Å². The van der Waals surface area contributed by atoms with Gasteiger partial charge < -0.3 is 30.5 Å². The van der Waals surface area contributed by atoms with Gasteiger partial charge in [0.1, 0.15) is 6.04 Å². The normalized spacial score (nSPS) is 17.4. The number of amides is 2. The monoisotopic (exact) mass is 609 g/mol. The molecule has 1 aliphatic heterocycles. The topological polar surface area (TPSA) is 165 Å². The molecule has 2 amide bonds. The van der Waals surface area contributed by atoms with Crippen molar-refractivity contribution in [2.45, 2.75) is 42.5 Å². The summed E-state index contributed by atoms with van der Waals surface area (Å²) in [6.07, 6.45) is 0.123. The Hall–Kier alpha value is -4.58. The summed E-state index contributed by atoms with van der Waals surface area (Å²) >= 11 is 0. The first kappa shape index (κ1) is 31.4. The van der Waals surface area contributed by atoms with E-state index in [-0.39, 0.29) is 29.0 Å². The highest BCUT2D eigenvalue weighted by molar-refractivity contribution is 7.92. The predicted octanol–water partition coefficient (Wildman–Crippen LogP) is 3.81. The fourth-order valence-corrected chi connectivity index (χ4v) is 6.63. The van der Waals surface area contributed by atoms with Crippen LogP contribution in [0.1, 0.15) is 53.8 Å². The SMILES string of the molecule is COc1ccc(C(Nc2cccc(C(N)=O)c2)C(=O)N2CC[C@H](C(=O)O)[C@@H]2c2ccccc2S(=O)(=O)C(C)C)cc1OC. The standard InChI is InChI=1S/C31H35N3O8S/c1-18(2)43(39,40)26-11-6-5-10-22(26)28-23(31(37)38)14-15-34(28)30(36)27(19-12-13-24(41-3)25(17-19)42-4)33-21-9-7-8-20(16-21)29(32)35/h5-13,16-18,23,27-28,33H,14-15H2,1-4H3,(H2,32,35)(H,37,38)/t23-,27?,28-/m0/s1. The molecule has 0 bridgehead atoms. The highest BCUT2D eigenvalue weighted by Gasteiger charge is 2.46. The largest absolute Gasteiger partial charge is 0.493 e. The number of anilines is 1. The van der Waals surface area contributed by atoms with Crippen LogP contribution in [0.25, 0.3) is 0 Å². The van der Waals surface area contributed by atoms with E-state index < -0.39 is 50.9 Å². The number of benzene rings is 3. The third-order valence-electron chi connectivity index (χ3n) is 7.61. The Morgan fingerprint density at radius 3 is 2.30 bits per heavy atom. The Morgan fingerprint density at radius 1 is 0.977 bits per heavy atom. The zero-order chi connectivity index (χ0) is 31.5. The number of hydrogen-bond acceptors (Lipinski definition) is 8. The minimum absolute atomic E-state index is 0.00858. The predicted molar refractivity (Wildman–Crippen MR) is 160 cm³/mol. The van der Waals surface area contributed by atoms with Gasteiger partial charge in [-0.1, -0.05) is 30.3 Å². The molecule has 1 saturated heterocycles. The number of carboxylic acid groups (broad SMARTS) is 1. The van der Waals surface area contributed by atoms with E-state index in [1.165, 1.54) is 31.3 Å². The molecule has 3 aromatic rings. The summed E-state index contributed by atoms with van der Waals surface area (Å²) in [6.45, 7) is 3.18. The van der Waals surface area contributed by atoms with Crippen molar-refractivity contribution in [1.29, 1.82) is 0 Å². The Balaban J connectivity index is 1.86. The van der Waals surface area contributed by atoms with Gasteiger partial charge in [0.15, 0.2) is 21.3 Å². The Morgan fingerprint density at radius 2 is 1.67 bits per heavy atom. The number of likely N-dealkylation sites (tertiary alicyclic amines) is 1. The average molecular weight is 610 g/mol. The second-order valence-corrected chi connectivity index (χ2v) is 13.0. The summed E-state index contributed by atoms with van der Waals surface area (Å²) in [5.74, 6) is -2.53. The molecule has 1 aliphatic rings. The van der Waals surface area contributed by atoms with Crippen LogP contribution < -0.4 is 20.5 Å². The van der Waals surface area contributed by atoms with Gasteiger partial charge in [0, 0.05) is 17.8 Å². The maximum Gasteiger partial charge on any atom is 0.309 e. The number of nitrogens with zero attached hydrogens (tertiary/aromatic N) is 1. The molecule has 1 unspecified atom stereocenters. The number of carboxylic acids is 1. The van der Waals surface area contributed by atoms with E-state index in [0.29, 0.717) is 22.7 Å². The van der Waals surface area contributed by atoms with E-state index in [9.17, 15) is 27.9 Å². The maximum atomic E-state index is 14.5. The molecule has 11 nitrogen and oxygen atoms in total. The maximum absolute atomic E-state index is 14.5. The van der Waals surface area contributed by atoms with Gasteiger partial charge in [-0.25, -0.2) is 8.42 Å². The van der Waals surface area contributed by atoms with Crippen LogP contribution in [0.5, 0.6) is 11.5 Å². The quantitative estimate of drug-likeness (QED) is 0.293. The van der Waals surface area contributed by atoms with E-state index in [4.69, 9.17) is 15.2 Å². The van der Waals surface area contributed by atoms with Crippen molar-refractivity contribution in [3.8, 4) is 11.5 Å². The first-order valence-corrected chi connectivity index (χ1v) is 15.2. The van der Waals surface area contributed by atoms with Crippen LogP contribution >= 0.6 is 0 Å². The number of carbonyl (C=O) groups is 3. The minimum Gasteiger partial charge on any atom is -0.493 e. The van der Waals surface area contributed by atoms with Crippen molar-refractivity contribution in [3.63, 3.8) is 0 Å². The van der Waals surface area contributed by atoms with Crippen LogP contribution in [0, 0.1) is 5.92 Å². The number of nitrogens with one attached hydrogen (secondary N) is 1. The van der Waals surface area contributed by atoms with Gasteiger partial charge in [-0.2, -0.15) is 0 Å². The Bertz CT molecular complexity index is 1640. The summed E-state index contributed by atoms with van der Waals surface area (Å²) in [4.78, 5) is 40.2. The fourth-order valence-electron chi connectivity index (χ4n) is 5.34. The molecule has 0 spiro atoms. The third-order valence-corrected chi connectivity index (χ3v) is 9.83. The number of ether oxygens (including phenoxy) is 2. The molecule has 4 rings (SSSR count). The number of aliphatic carboxylic acids is 1. The van der Waals surface area contributed by atoms with Crippen LogP contribution in [0.15, 0.2) is 71.6 Å². The Kier molecular flexibility index (Phi) is 9.29. The highest BCUT2D eigenvalue weighted by Crippen LogP contribution is 2.43. The van der Waals surface area contributed by atoms with Gasteiger partial charge in [-0.15, -0.1) is 0 Å². The molecule has 0 saturated carbocycles. The highest BCUT2D eigenvalue weighted by atomic mass is 32.2. The summed E-state index contributed by atoms with van der Waals surface area (Å²) in [6, 6.07) is 15.4. The van der Waals surface area contributed by atoms with Gasteiger partial charge in [0.05, 0.1) is 36.3 Å². The number of primary amides is 1. The first-order chi connectivity index (χ1) is 20.4. The summed E-state index contributed by atoms with van der Waals surface area (Å²) < 4.78 is 37.5. The molecule has 43 heavy (non-hydrogen) atoms. The van der Waals surface area contributed by atoms with Crippen molar-refractivity contribution in [1.82, 2.24) is 4.90 Å². The molecule has 3 atom stereocenters. The van der Waals surface area contributed by atoms with Crippen LogP contribution in [-0.2, 0) is 19.4 Å². The number of nitrogens with two attached hydrogens (primary N) is 1. The molecular formula is C31H35N3O8S. The van der Waals surface area contributed by atoms with E-state index in [1.54, 1.807) is 68.4 Å². The molecule has 1 heterocycles. The van der Waals surface area contributed by atoms with Gasteiger partial charge in [0.25, 0.3) is 0 Å². The smallest absolute Gasteiger partial charge is 0.309 e. The van der Waals surface area contributed by atoms with Gasteiger partial charge in [-0.05, 0) is 67.8 Å². The van der Waals surface area contributed by atoms with E-state index in [0.717, 1.165) is 0 Å². The number of hydrogen-bond donors (Lipinski definition) is 3. The van der Waals surface area contributed by atoms with Crippen molar-refractivity contribution < 1.29 is 37.4 Å². The van der Waals surface area contributed by atoms with Crippen LogP contribution in [0.4, 0.5) is 5.69 Å². The molecule has 0 aliphatic carbocycles. The molecule has 228 valence electrons. The van der Waals surface area contributed by atoms with E-state index in [1.807, 2.05) is 0 Å². The van der Waals surface area contributed by atoms with Gasteiger partial charge in [-0.3, -0.25) is 14.4 Å². The summed E-state index contributed by atoms with van der Waals surface area (Å²) in [5, 5.41) is 12.6. The van der Waals surface area contributed by atoms with Crippen LogP contribution in [0.2, 0.25) is 0 Å². The lowest BCUT2D eigenvalue weighted by Gasteiger charge is -2.33. The van der Waals surface area contributed by atoms with Crippen LogP contribution in [-0.4, -0.2) is 62.2 Å². The molecule has 4 N–H and O–H groups in total. The lowest BCUT2D eigenvalue weighted by atomic mass is 9.93. The molecule has 0 radical (unpaired) electrons. The summed E-state index contributed by atoms with van der Waals surface area (Å²) in [5.41, 5.74) is 6.82. The molecule has 1 fully saturated rings. The van der Waals surface area contributed by atoms with Crippen molar-refractivity contribution in [3.05, 3.63) is 83.4 Å². The zero-order valence-corrected chi connectivity index (χ0v) is 25.1. The van der Waals surface area contributed by atoms with E-state index in [2.05, 4.69) is 5.32 Å². The minimum atomic E-state index is -3.81. The lowest BCUT2D eigenvalue weighted by Crippen LogP contribution is -2.40. The second-order valence-electron chi connectivity index (χ2n) is 10.5. The number of carbonyl (C=O) groups excluding carboxylic acids is 2. The molecule has 3 aromatic carbocycles. The number of sulfone groups is 1. The van der Waals surface area contributed by atoms with E-state index >= 15 is 0 Å². The molecule has 12 heteroatoms. The number of methoxy groups -OCH3 is 2. The van der Waals surface area contributed by atoms with Crippen molar-refractivity contribution >= 4 is 33.3 Å². The lowest BCUT2D eigenvalue weighted by molar-refractivity contribution is -0.143. The van der Waals surface area contributed by atoms with Crippen LogP contribution in [0.3, 0.4) is 0 Å². The Labute approximate surface area is 250 Å². The number of rotatable bonds is 11. The molecular weight excluding hydrogens is 574 g/mol. The zero-order valence-electron chi connectivity index (χ0n) is 24.3. The van der Waals surface area contributed by atoms with Crippen molar-refractivity contribution in [2.75, 3.05) is 26.1 Å². The fraction of sp³-hybridized carbons (Fsp3) is 0.323. The molecule has 0 aromatic heterocycles. The summed E-state index contributed by atoms with van der Waals surface area (Å²) in [7, 11) is -0.871. The average Bonchev–Trinajstić information content (AvgIpc) is 3.45. The third kappa shape index (κ3) is 6.29.